The Labute approximate surface area is 107 Å². The van der Waals surface area contributed by atoms with Crippen molar-refractivity contribution >= 4 is 17.3 Å². The fourth-order valence-corrected chi connectivity index (χ4v) is 1.82. The largest absolute Gasteiger partial charge is 0.378 e. The number of carbonyl (C=O) groups is 1. The molecule has 0 aliphatic carbocycles. The molecule has 1 amide bonds. The second-order valence-corrected chi connectivity index (χ2v) is 4.50. The van der Waals surface area contributed by atoms with Crippen molar-refractivity contribution in [3.63, 3.8) is 0 Å². The summed E-state index contributed by atoms with van der Waals surface area (Å²) in [5.74, 6) is -0.0990. The highest BCUT2D eigenvalue weighted by Crippen LogP contribution is 2.17. The second-order valence-electron chi connectivity index (χ2n) is 4.50. The molecule has 0 saturated carbocycles. The number of anilines is 2. The number of amides is 1. The number of rotatable bonds is 3. The van der Waals surface area contributed by atoms with Crippen LogP contribution in [0.2, 0.25) is 0 Å². The molecule has 2 rings (SSSR count). The summed E-state index contributed by atoms with van der Waals surface area (Å²) in [6, 6.07) is 7.73. The van der Waals surface area contributed by atoms with Gasteiger partial charge in [0.1, 0.15) is 6.10 Å². The molecule has 5 nitrogen and oxygen atoms in total. The maximum absolute atomic E-state index is 12.0. The van der Waals surface area contributed by atoms with Gasteiger partial charge in [-0.1, -0.05) is 6.07 Å². The van der Waals surface area contributed by atoms with Crippen LogP contribution >= 0.6 is 0 Å². The lowest BCUT2D eigenvalue weighted by molar-refractivity contribution is -0.128. The number of benzene rings is 1. The molecule has 18 heavy (non-hydrogen) atoms. The lowest BCUT2D eigenvalue weighted by Gasteiger charge is -2.23. The number of nitrogens with zero attached hydrogens (tertiary/aromatic N) is 1. The van der Waals surface area contributed by atoms with Gasteiger partial charge in [-0.25, -0.2) is 0 Å². The van der Waals surface area contributed by atoms with E-state index in [0.29, 0.717) is 13.2 Å². The molecule has 1 heterocycles. The molecule has 1 aliphatic rings. The molecule has 1 aromatic rings. The minimum absolute atomic E-state index is 0.0990. The fraction of sp³-hybridized carbons (Fsp3) is 0.462. The standard InChI is InChI=1S/C13H19N3O2/c1-16(2)11-5-3-4-10(8-11)15-13(17)12-9-14-6-7-18-12/h3-5,8,12,14H,6-7,9H2,1-2H3,(H,15,17). The molecular formula is C13H19N3O2. The van der Waals surface area contributed by atoms with Gasteiger partial charge >= 0.3 is 0 Å². The molecule has 0 spiro atoms. The summed E-state index contributed by atoms with van der Waals surface area (Å²) in [6.07, 6.45) is -0.401. The maximum Gasteiger partial charge on any atom is 0.254 e. The number of hydrogen-bond donors (Lipinski definition) is 2. The first-order valence-electron chi connectivity index (χ1n) is 6.07. The van der Waals surface area contributed by atoms with Crippen LogP contribution in [0.15, 0.2) is 24.3 Å². The van der Waals surface area contributed by atoms with Gasteiger partial charge < -0.3 is 20.3 Å². The first kappa shape index (κ1) is 12.9. The van der Waals surface area contributed by atoms with Crippen LogP contribution in [0.1, 0.15) is 0 Å². The van der Waals surface area contributed by atoms with E-state index in [9.17, 15) is 4.79 Å². The van der Waals surface area contributed by atoms with E-state index in [1.807, 2.05) is 43.3 Å². The molecule has 0 radical (unpaired) electrons. The average Bonchev–Trinajstić information content (AvgIpc) is 2.40. The van der Waals surface area contributed by atoms with E-state index in [-0.39, 0.29) is 5.91 Å². The third-order valence-corrected chi connectivity index (χ3v) is 2.85. The SMILES string of the molecule is CN(C)c1cccc(NC(=O)C2CNCCO2)c1. The van der Waals surface area contributed by atoms with Crippen LogP contribution in [0.25, 0.3) is 0 Å². The number of carbonyl (C=O) groups excluding carboxylic acids is 1. The summed E-state index contributed by atoms with van der Waals surface area (Å²) in [7, 11) is 3.93. The van der Waals surface area contributed by atoms with Crippen LogP contribution in [0, 0.1) is 0 Å². The maximum atomic E-state index is 12.0. The minimum atomic E-state index is -0.401. The molecule has 5 heteroatoms. The fourth-order valence-electron chi connectivity index (χ4n) is 1.82. The van der Waals surface area contributed by atoms with Crippen LogP contribution < -0.4 is 15.5 Å². The molecule has 1 aromatic carbocycles. The van der Waals surface area contributed by atoms with E-state index < -0.39 is 6.10 Å². The van der Waals surface area contributed by atoms with E-state index in [4.69, 9.17) is 4.74 Å². The Kier molecular flexibility index (Phi) is 4.17. The van der Waals surface area contributed by atoms with Crippen molar-refractivity contribution in [2.45, 2.75) is 6.10 Å². The van der Waals surface area contributed by atoms with Crippen molar-refractivity contribution in [3.05, 3.63) is 24.3 Å². The van der Waals surface area contributed by atoms with Crippen molar-refractivity contribution in [2.24, 2.45) is 0 Å². The van der Waals surface area contributed by atoms with E-state index >= 15 is 0 Å². The van der Waals surface area contributed by atoms with E-state index in [1.54, 1.807) is 0 Å². The number of hydrogen-bond acceptors (Lipinski definition) is 4. The lowest BCUT2D eigenvalue weighted by atomic mass is 10.2. The average molecular weight is 249 g/mol. The zero-order valence-electron chi connectivity index (χ0n) is 10.8. The van der Waals surface area contributed by atoms with Crippen LogP contribution in [0.4, 0.5) is 11.4 Å². The van der Waals surface area contributed by atoms with Crippen LogP contribution in [0.5, 0.6) is 0 Å². The molecular weight excluding hydrogens is 230 g/mol. The quantitative estimate of drug-likeness (QED) is 0.827. The molecule has 98 valence electrons. The monoisotopic (exact) mass is 249 g/mol. The molecule has 1 saturated heterocycles. The minimum Gasteiger partial charge on any atom is -0.378 e. The Bertz CT molecular complexity index is 414. The van der Waals surface area contributed by atoms with E-state index in [2.05, 4.69) is 10.6 Å². The summed E-state index contributed by atoms with van der Waals surface area (Å²) >= 11 is 0. The Morgan fingerprint density at radius 1 is 1.50 bits per heavy atom. The van der Waals surface area contributed by atoms with Gasteiger partial charge in [0, 0.05) is 38.6 Å². The second kappa shape index (κ2) is 5.84. The van der Waals surface area contributed by atoms with Crippen LogP contribution in [-0.2, 0) is 9.53 Å². The van der Waals surface area contributed by atoms with E-state index in [0.717, 1.165) is 17.9 Å². The van der Waals surface area contributed by atoms with Crippen molar-refractivity contribution in [1.82, 2.24) is 5.32 Å². The molecule has 1 fully saturated rings. The molecule has 1 atom stereocenters. The van der Waals surface area contributed by atoms with Gasteiger partial charge in [0.25, 0.3) is 5.91 Å². The topological polar surface area (TPSA) is 53.6 Å². The highest BCUT2D eigenvalue weighted by Gasteiger charge is 2.21. The number of morpholine rings is 1. The smallest absolute Gasteiger partial charge is 0.254 e. The third kappa shape index (κ3) is 3.21. The zero-order valence-corrected chi connectivity index (χ0v) is 10.8. The Morgan fingerprint density at radius 3 is 3.00 bits per heavy atom. The van der Waals surface area contributed by atoms with Crippen LogP contribution in [-0.4, -0.2) is 45.8 Å². The Hall–Kier alpha value is -1.59. The first-order valence-corrected chi connectivity index (χ1v) is 6.07. The predicted molar refractivity (Wildman–Crippen MR) is 72.0 cm³/mol. The van der Waals surface area contributed by atoms with Crippen molar-refractivity contribution in [2.75, 3.05) is 44.0 Å². The van der Waals surface area contributed by atoms with Gasteiger partial charge in [-0.05, 0) is 18.2 Å². The zero-order chi connectivity index (χ0) is 13.0. The van der Waals surface area contributed by atoms with Gasteiger partial charge in [-0.15, -0.1) is 0 Å². The summed E-state index contributed by atoms with van der Waals surface area (Å²) < 4.78 is 5.40. The number of nitrogens with one attached hydrogen (secondary N) is 2. The predicted octanol–water partition coefficient (Wildman–Crippen LogP) is 0.679. The first-order chi connectivity index (χ1) is 8.66. The van der Waals surface area contributed by atoms with Gasteiger partial charge in [-0.2, -0.15) is 0 Å². The Balaban J connectivity index is 1.99. The van der Waals surface area contributed by atoms with Crippen molar-refractivity contribution in [3.8, 4) is 0 Å². The highest BCUT2D eigenvalue weighted by molar-refractivity contribution is 5.94. The summed E-state index contributed by atoms with van der Waals surface area (Å²) in [5, 5.41) is 6.01. The lowest BCUT2D eigenvalue weighted by Crippen LogP contribution is -2.45. The molecule has 1 unspecified atom stereocenters. The highest BCUT2D eigenvalue weighted by atomic mass is 16.5. The number of ether oxygens (including phenoxy) is 1. The van der Waals surface area contributed by atoms with Crippen molar-refractivity contribution < 1.29 is 9.53 Å². The molecule has 0 aromatic heterocycles. The van der Waals surface area contributed by atoms with Crippen LogP contribution in [0.3, 0.4) is 0 Å². The summed E-state index contributed by atoms with van der Waals surface area (Å²) in [6.45, 7) is 1.95. The summed E-state index contributed by atoms with van der Waals surface area (Å²) in [5.41, 5.74) is 1.84. The van der Waals surface area contributed by atoms with Gasteiger partial charge in [0.2, 0.25) is 0 Å². The molecule has 0 bridgehead atoms. The molecule has 2 N–H and O–H groups in total. The van der Waals surface area contributed by atoms with Crippen molar-refractivity contribution in [1.29, 1.82) is 0 Å². The normalized spacial score (nSPS) is 19.3. The Morgan fingerprint density at radius 2 is 2.33 bits per heavy atom. The van der Waals surface area contributed by atoms with E-state index in [1.165, 1.54) is 0 Å². The third-order valence-electron chi connectivity index (χ3n) is 2.85. The summed E-state index contributed by atoms with van der Waals surface area (Å²) in [4.78, 5) is 14.0. The molecule has 1 aliphatic heterocycles. The van der Waals surface area contributed by atoms with Gasteiger partial charge in [-0.3, -0.25) is 4.79 Å². The van der Waals surface area contributed by atoms with Gasteiger partial charge in [0.05, 0.1) is 6.61 Å². The van der Waals surface area contributed by atoms with Gasteiger partial charge in [0.15, 0.2) is 0 Å².